The minimum absolute atomic E-state index is 0.0206. The predicted octanol–water partition coefficient (Wildman–Crippen LogP) is 6.21. The van der Waals surface area contributed by atoms with Crippen LogP contribution in [0.2, 0.25) is 0 Å². The highest BCUT2D eigenvalue weighted by molar-refractivity contribution is 5.89. The molecule has 13 heteroatoms. The van der Waals surface area contributed by atoms with E-state index >= 15 is 0 Å². The number of anilines is 1. The number of aromatic amines is 1. The quantitative estimate of drug-likeness (QED) is 0.100. The van der Waals surface area contributed by atoms with Gasteiger partial charge in [-0.25, -0.2) is 0 Å². The second-order valence-electron chi connectivity index (χ2n) is 10.9. The molecule has 4 rings (SSSR count). The average Bonchev–Trinajstić information content (AvgIpc) is 3.02. The molecule has 2 atom stereocenters. The Bertz CT molecular complexity index is 1810. The van der Waals surface area contributed by atoms with Crippen LogP contribution in [-0.2, 0) is 20.9 Å². The van der Waals surface area contributed by atoms with Crippen molar-refractivity contribution in [3.63, 3.8) is 0 Å². The van der Waals surface area contributed by atoms with E-state index in [0.29, 0.717) is 28.4 Å². The van der Waals surface area contributed by atoms with E-state index in [1.54, 1.807) is 30.3 Å². The summed E-state index contributed by atoms with van der Waals surface area (Å²) in [6.07, 6.45) is 2.35. The number of pyridine rings is 1. The molecule has 11 nitrogen and oxygen atoms in total. The van der Waals surface area contributed by atoms with Crippen LogP contribution in [0.5, 0.6) is 5.75 Å². The zero-order chi connectivity index (χ0) is 33.5. The molecule has 0 saturated heterocycles. The van der Waals surface area contributed by atoms with Crippen molar-refractivity contribution in [1.29, 1.82) is 0 Å². The van der Waals surface area contributed by atoms with Crippen LogP contribution in [0, 0.1) is 17.0 Å². The molecule has 1 unspecified atom stereocenters. The fraction of sp³-hybridized carbons (Fsp3) is 0.303. The van der Waals surface area contributed by atoms with Crippen molar-refractivity contribution in [3.8, 4) is 5.75 Å². The van der Waals surface area contributed by atoms with E-state index in [2.05, 4.69) is 15.0 Å². The van der Waals surface area contributed by atoms with Gasteiger partial charge in [0.2, 0.25) is 5.91 Å². The van der Waals surface area contributed by atoms with Crippen LogP contribution >= 0.6 is 0 Å². The Kier molecular flexibility index (Phi) is 10.7. The highest BCUT2D eigenvalue weighted by Gasteiger charge is 2.27. The van der Waals surface area contributed by atoms with Gasteiger partial charge >= 0.3 is 12.6 Å². The van der Waals surface area contributed by atoms with E-state index < -0.39 is 23.5 Å². The zero-order valence-corrected chi connectivity index (χ0v) is 25.7. The Morgan fingerprint density at radius 1 is 1.09 bits per heavy atom. The first kappa shape index (κ1) is 33.6. The first-order valence-corrected chi connectivity index (χ1v) is 14.4. The smallest absolute Gasteiger partial charge is 0.387 e. The van der Waals surface area contributed by atoms with Crippen LogP contribution in [0.3, 0.4) is 0 Å². The second kappa shape index (κ2) is 14.6. The van der Waals surface area contributed by atoms with Crippen molar-refractivity contribution in [2.24, 2.45) is 0 Å². The molecule has 0 radical (unpaired) electrons. The summed E-state index contributed by atoms with van der Waals surface area (Å²) in [6.45, 7) is 0.429. The summed E-state index contributed by atoms with van der Waals surface area (Å²) in [5, 5.41) is 15.7. The number of amides is 1. The third-order valence-corrected chi connectivity index (χ3v) is 7.76. The number of benzene rings is 3. The molecule has 0 aliphatic rings. The monoisotopic (exact) mass is 636 g/mol. The molecule has 1 heterocycles. The number of halogens is 2. The van der Waals surface area contributed by atoms with Gasteiger partial charge in [0.15, 0.2) is 0 Å². The first-order chi connectivity index (χ1) is 21.9. The molecular formula is C33H34F2N4O7. The molecule has 0 fully saturated rings. The minimum atomic E-state index is -3.18. The molecule has 4 aromatic rings. The largest absolute Gasteiger partial charge is 0.469 e. The lowest BCUT2D eigenvalue weighted by Gasteiger charge is -2.27. The van der Waals surface area contributed by atoms with Gasteiger partial charge in [-0.1, -0.05) is 31.2 Å². The minimum Gasteiger partial charge on any atom is -0.469 e. The van der Waals surface area contributed by atoms with Gasteiger partial charge in [-0.05, 0) is 65.6 Å². The predicted molar refractivity (Wildman–Crippen MR) is 168 cm³/mol. The number of nitro benzene ring substituents is 1. The van der Waals surface area contributed by atoms with Crippen molar-refractivity contribution < 1.29 is 32.8 Å². The SMILES string of the molecule is COC(=O)CC[C@H](C)c1ccc(C(Nc2ccc3cc[nH]c(=O)c3c2)C(=O)N(C)Cc2cc([N+](=O)[O-])ccc2OC(F)F)cc1C. The van der Waals surface area contributed by atoms with Crippen LogP contribution in [-0.4, -0.2) is 47.5 Å². The molecule has 3 aromatic carbocycles. The summed E-state index contributed by atoms with van der Waals surface area (Å²) in [5.41, 5.74) is 2.27. The van der Waals surface area contributed by atoms with E-state index in [4.69, 9.17) is 4.74 Å². The van der Waals surface area contributed by atoms with E-state index in [1.165, 1.54) is 25.3 Å². The van der Waals surface area contributed by atoms with Crippen molar-refractivity contribution >= 4 is 34.0 Å². The van der Waals surface area contributed by atoms with Crippen molar-refractivity contribution in [2.45, 2.75) is 51.8 Å². The Morgan fingerprint density at radius 3 is 2.52 bits per heavy atom. The normalized spacial score (nSPS) is 12.4. The number of esters is 1. The molecule has 242 valence electrons. The topological polar surface area (TPSA) is 144 Å². The average molecular weight is 637 g/mol. The fourth-order valence-corrected chi connectivity index (χ4v) is 5.32. The number of methoxy groups -OCH3 is 1. The number of hydrogen-bond acceptors (Lipinski definition) is 8. The maximum absolute atomic E-state index is 14.1. The number of rotatable bonds is 13. The lowest BCUT2D eigenvalue weighted by Crippen LogP contribution is -2.35. The number of likely N-dealkylation sites (N-methyl/N-ethyl adjacent to an activating group) is 1. The number of alkyl halides is 2. The van der Waals surface area contributed by atoms with Crippen LogP contribution < -0.4 is 15.6 Å². The summed E-state index contributed by atoms with van der Waals surface area (Å²) in [6, 6.07) is 14.6. The molecule has 0 aliphatic heterocycles. The number of aryl methyl sites for hydroxylation is 1. The number of nitro groups is 1. The summed E-state index contributed by atoms with van der Waals surface area (Å²) in [7, 11) is 2.79. The third kappa shape index (κ3) is 8.03. The lowest BCUT2D eigenvalue weighted by atomic mass is 9.90. The number of ether oxygens (including phenoxy) is 2. The number of non-ortho nitro benzene ring substituents is 1. The highest BCUT2D eigenvalue weighted by Crippen LogP contribution is 2.31. The fourth-order valence-electron chi connectivity index (χ4n) is 5.32. The van der Waals surface area contributed by atoms with Crippen LogP contribution in [0.1, 0.15) is 54.0 Å². The molecule has 0 aliphatic carbocycles. The number of H-pyrrole nitrogens is 1. The van der Waals surface area contributed by atoms with Gasteiger partial charge in [0.05, 0.1) is 12.0 Å². The van der Waals surface area contributed by atoms with E-state index in [-0.39, 0.29) is 47.4 Å². The summed E-state index contributed by atoms with van der Waals surface area (Å²) >= 11 is 0. The Labute approximate surface area is 263 Å². The maximum atomic E-state index is 14.1. The Hall–Kier alpha value is -5.33. The van der Waals surface area contributed by atoms with Gasteiger partial charge < -0.3 is 24.7 Å². The van der Waals surface area contributed by atoms with Crippen LogP contribution in [0.15, 0.2) is 71.7 Å². The van der Waals surface area contributed by atoms with E-state index in [1.807, 2.05) is 26.0 Å². The Morgan fingerprint density at radius 2 is 1.85 bits per heavy atom. The van der Waals surface area contributed by atoms with E-state index in [9.17, 15) is 33.3 Å². The molecule has 0 saturated carbocycles. The number of carbonyl (C=O) groups is 2. The van der Waals surface area contributed by atoms with Gasteiger partial charge in [0.25, 0.3) is 11.2 Å². The molecule has 1 amide bonds. The maximum Gasteiger partial charge on any atom is 0.387 e. The van der Waals surface area contributed by atoms with E-state index in [0.717, 1.165) is 29.3 Å². The van der Waals surface area contributed by atoms with Gasteiger partial charge in [0, 0.05) is 55.0 Å². The standard InChI is InChI=1S/C33H34F2N4O7/c1-19(5-12-29(40)45-4)26-10-7-22(15-20(26)2)30(37-24-8-6-21-13-14-36-31(41)27(21)17-24)32(42)38(3)18-23-16-25(39(43)44)9-11-28(23)46-33(34)35/h6-11,13-17,19,30,33,37H,5,12,18H2,1-4H3,(H,36,41)/t19-,30?/m0/s1. The molecule has 0 spiro atoms. The number of nitrogens with zero attached hydrogens (tertiary/aromatic N) is 2. The summed E-state index contributed by atoms with van der Waals surface area (Å²) < 4.78 is 35.6. The van der Waals surface area contributed by atoms with Gasteiger partial charge in [-0.2, -0.15) is 8.78 Å². The van der Waals surface area contributed by atoms with Crippen LogP contribution in [0.25, 0.3) is 10.8 Å². The molecule has 0 bridgehead atoms. The second-order valence-corrected chi connectivity index (χ2v) is 10.9. The summed E-state index contributed by atoms with van der Waals surface area (Å²) in [4.78, 5) is 52.9. The van der Waals surface area contributed by atoms with Crippen LogP contribution in [0.4, 0.5) is 20.2 Å². The molecule has 1 aromatic heterocycles. The number of aromatic nitrogens is 1. The lowest BCUT2D eigenvalue weighted by molar-refractivity contribution is -0.385. The molecule has 2 N–H and O–H groups in total. The van der Waals surface area contributed by atoms with Crippen molar-refractivity contribution in [2.75, 3.05) is 19.5 Å². The first-order valence-electron chi connectivity index (χ1n) is 14.4. The van der Waals surface area contributed by atoms with Crippen molar-refractivity contribution in [3.05, 3.63) is 110 Å². The number of fused-ring (bicyclic) bond motifs is 1. The third-order valence-electron chi connectivity index (χ3n) is 7.76. The number of nitrogens with one attached hydrogen (secondary N) is 2. The Balaban J connectivity index is 1.70. The van der Waals surface area contributed by atoms with Crippen molar-refractivity contribution in [1.82, 2.24) is 9.88 Å². The van der Waals surface area contributed by atoms with Gasteiger partial charge in [0.1, 0.15) is 11.8 Å². The zero-order valence-electron chi connectivity index (χ0n) is 25.7. The molecular weight excluding hydrogens is 602 g/mol. The molecule has 46 heavy (non-hydrogen) atoms. The summed E-state index contributed by atoms with van der Waals surface area (Å²) in [5.74, 6) is -1.06. The van der Waals surface area contributed by atoms with Gasteiger partial charge in [-0.15, -0.1) is 0 Å². The number of hydrogen-bond donors (Lipinski definition) is 2. The highest BCUT2D eigenvalue weighted by atomic mass is 19.3. The number of carbonyl (C=O) groups excluding carboxylic acids is 2. The van der Waals surface area contributed by atoms with Gasteiger partial charge in [-0.3, -0.25) is 24.5 Å².